The van der Waals surface area contributed by atoms with Gasteiger partial charge < -0.3 is 35.1 Å². The summed E-state index contributed by atoms with van der Waals surface area (Å²) in [5.41, 5.74) is 6.68. The first-order valence-electron chi connectivity index (χ1n) is 14.2. The molecule has 48 heavy (non-hydrogen) atoms. The summed E-state index contributed by atoms with van der Waals surface area (Å²) in [5.74, 6) is 3.67. The Labute approximate surface area is 274 Å². The molecule has 2 amide bonds. The zero-order chi connectivity index (χ0) is 35.2. The highest BCUT2D eigenvalue weighted by molar-refractivity contribution is 7.46. The van der Waals surface area contributed by atoms with E-state index in [1.54, 1.807) is 18.2 Å². The van der Waals surface area contributed by atoms with Gasteiger partial charge in [0.25, 0.3) is 5.91 Å². The van der Waals surface area contributed by atoms with Crippen LogP contribution in [-0.2, 0) is 20.8 Å². The zero-order valence-corrected chi connectivity index (χ0v) is 27.3. The van der Waals surface area contributed by atoms with Crippen LogP contribution in [-0.4, -0.2) is 71.4 Å². The number of para-hydroxylation sites is 1. The number of carbonyl (C=O) groups excluding carboxylic acids is 3. The van der Waals surface area contributed by atoms with E-state index < -0.39 is 26.4 Å². The molecular weight excluding hydrogens is 651 g/mol. The first kappa shape index (κ1) is 35.4. The van der Waals surface area contributed by atoms with Crippen molar-refractivity contribution in [3.63, 3.8) is 0 Å². The number of nitrogens with two attached hydrogens (primary N) is 2. The number of ether oxygens (including phenoxy) is 3. The Morgan fingerprint density at radius 3 is 2.42 bits per heavy atom. The van der Waals surface area contributed by atoms with Crippen molar-refractivity contribution in [2.75, 3.05) is 33.6 Å². The van der Waals surface area contributed by atoms with Gasteiger partial charge in [-0.1, -0.05) is 6.07 Å². The van der Waals surface area contributed by atoms with Crippen molar-refractivity contribution in [1.82, 2.24) is 15.0 Å². The van der Waals surface area contributed by atoms with Crippen molar-refractivity contribution in [2.24, 2.45) is 27.6 Å². The van der Waals surface area contributed by atoms with Crippen LogP contribution < -0.4 is 41.6 Å². The van der Waals surface area contributed by atoms with E-state index in [1.165, 1.54) is 57.3 Å². The Bertz CT molecular complexity index is 1870. The number of phosphoric ester groups is 1. The number of benzene rings is 2. The van der Waals surface area contributed by atoms with Crippen LogP contribution in [0.3, 0.4) is 0 Å². The third-order valence-corrected chi connectivity index (χ3v) is 7.18. The molecule has 2 aromatic carbocycles. The SMILES string of the molecule is CNC(=O)c1cn(COC(=O)c2ccc(OC)c(OP(=O)(O)O)c2)c(NC(=O)C2CC2)cc1=Nc1cccc(/C(N)=N/N(C)N)c1OC. The van der Waals surface area contributed by atoms with E-state index >= 15 is 0 Å². The number of hydrazine groups is 1. The summed E-state index contributed by atoms with van der Waals surface area (Å²) in [7, 11) is 0.597. The molecule has 1 aliphatic rings. The summed E-state index contributed by atoms with van der Waals surface area (Å²) < 4.78 is 33.5. The van der Waals surface area contributed by atoms with E-state index in [0.29, 0.717) is 18.4 Å². The van der Waals surface area contributed by atoms with Crippen LogP contribution >= 0.6 is 7.82 Å². The molecule has 8 N–H and O–H groups in total. The summed E-state index contributed by atoms with van der Waals surface area (Å²) >= 11 is 0. The third-order valence-electron chi connectivity index (χ3n) is 6.75. The largest absolute Gasteiger partial charge is 0.524 e. The molecule has 0 spiro atoms. The molecule has 1 saturated carbocycles. The maximum Gasteiger partial charge on any atom is 0.524 e. The number of pyridine rings is 1. The standard InChI is InChI=1S/C29H35N8O10P/c1-32-28(39)19-14-37(15-46-29(40)17-10-11-22(44-3)23(12-17)47-48(41,42)43)24(34-27(38)16-8-9-16)13-21(19)33-20-7-5-6-18(25(20)45-4)26(30)35-36(2)31/h5-7,10-14,16H,8-9,15,31H2,1-4H3,(H2,30,35)(H,32,39)(H,34,38)(H2,41,42,43). The molecule has 18 nitrogen and oxygen atoms in total. The number of aromatic nitrogens is 1. The number of hydrogen-bond donors (Lipinski definition) is 6. The van der Waals surface area contributed by atoms with Gasteiger partial charge in [-0.3, -0.25) is 23.9 Å². The van der Waals surface area contributed by atoms with E-state index in [4.69, 9.17) is 25.8 Å². The average molecular weight is 687 g/mol. The fourth-order valence-corrected chi connectivity index (χ4v) is 4.77. The molecule has 1 fully saturated rings. The topological polar surface area (TPSA) is 255 Å². The van der Waals surface area contributed by atoms with Crippen molar-refractivity contribution in [3.05, 3.63) is 70.7 Å². The molecule has 256 valence electrons. The highest BCUT2D eigenvalue weighted by atomic mass is 31.2. The van der Waals surface area contributed by atoms with Crippen LogP contribution in [0.15, 0.2) is 58.8 Å². The molecule has 0 bridgehead atoms. The second-order valence-electron chi connectivity index (χ2n) is 10.3. The van der Waals surface area contributed by atoms with Gasteiger partial charge in [0, 0.05) is 32.3 Å². The van der Waals surface area contributed by atoms with E-state index in [-0.39, 0.29) is 62.9 Å². The van der Waals surface area contributed by atoms with Gasteiger partial charge in [-0.25, -0.2) is 25.3 Å². The number of hydrazone groups is 1. The van der Waals surface area contributed by atoms with Crippen LogP contribution in [0, 0.1) is 5.92 Å². The smallest absolute Gasteiger partial charge is 0.494 e. The fourth-order valence-electron chi connectivity index (χ4n) is 4.37. The number of phosphoric acid groups is 1. The molecule has 0 atom stereocenters. The minimum Gasteiger partial charge on any atom is -0.494 e. The summed E-state index contributed by atoms with van der Waals surface area (Å²) in [6, 6.07) is 9.99. The second-order valence-corrected chi connectivity index (χ2v) is 11.5. The van der Waals surface area contributed by atoms with Gasteiger partial charge in [0.2, 0.25) is 5.91 Å². The molecule has 4 rings (SSSR count). The van der Waals surface area contributed by atoms with Gasteiger partial charge in [0.05, 0.1) is 36.3 Å². The highest BCUT2D eigenvalue weighted by Gasteiger charge is 2.30. The number of anilines is 1. The number of hydrogen-bond acceptors (Lipinski definition) is 12. The highest BCUT2D eigenvalue weighted by Crippen LogP contribution is 2.42. The minimum atomic E-state index is -4.98. The van der Waals surface area contributed by atoms with E-state index in [1.807, 2.05) is 0 Å². The molecule has 1 aliphatic carbocycles. The molecule has 1 aromatic heterocycles. The van der Waals surface area contributed by atoms with Crippen molar-refractivity contribution in [2.45, 2.75) is 19.6 Å². The maximum atomic E-state index is 13.1. The maximum absolute atomic E-state index is 13.1. The first-order valence-corrected chi connectivity index (χ1v) is 15.7. The Kier molecular flexibility index (Phi) is 11.1. The van der Waals surface area contributed by atoms with E-state index in [9.17, 15) is 28.7 Å². The number of carbonyl (C=O) groups is 3. The normalized spacial score (nSPS) is 13.4. The van der Waals surface area contributed by atoms with E-state index in [2.05, 4.69) is 25.3 Å². The molecule has 0 saturated heterocycles. The Morgan fingerprint density at radius 2 is 1.81 bits per heavy atom. The lowest BCUT2D eigenvalue weighted by Gasteiger charge is -2.17. The summed E-state index contributed by atoms with van der Waals surface area (Å²) in [5, 5.41) is 10.5. The zero-order valence-electron chi connectivity index (χ0n) is 26.4. The predicted octanol–water partition coefficient (Wildman–Crippen LogP) is 1.16. The fraction of sp³-hybridized carbons (Fsp3) is 0.276. The van der Waals surface area contributed by atoms with Gasteiger partial charge in [0.15, 0.2) is 29.8 Å². The predicted molar refractivity (Wildman–Crippen MR) is 171 cm³/mol. The van der Waals surface area contributed by atoms with Crippen LogP contribution in [0.5, 0.6) is 17.2 Å². The minimum absolute atomic E-state index is 0.0345. The van der Waals surface area contributed by atoms with Crippen LogP contribution in [0.2, 0.25) is 0 Å². The number of amidine groups is 1. The van der Waals surface area contributed by atoms with Crippen molar-refractivity contribution >= 4 is 42.9 Å². The quantitative estimate of drug-likeness (QED) is 0.0369. The van der Waals surface area contributed by atoms with Crippen molar-refractivity contribution < 1.29 is 47.5 Å². The van der Waals surface area contributed by atoms with Crippen molar-refractivity contribution in [3.8, 4) is 17.2 Å². The number of nitrogens with zero attached hydrogens (tertiary/aromatic N) is 4. The third kappa shape index (κ3) is 8.89. The van der Waals surface area contributed by atoms with Gasteiger partial charge in [-0.2, -0.15) is 0 Å². The van der Waals surface area contributed by atoms with Gasteiger partial charge in [-0.05, 0) is 43.2 Å². The number of methoxy groups -OCH3 is 2. The van der Waals surface area contributed by atoms with Crippen LogP contribution in [0.1, 0.15) is 39.1 Å². The molecule has 1 heterocycles. The Morgan fingerprint density at radius 1 is 1.08 bits per heavy atom. The van der Waals surface area contributed by atoms with Gasteiger partial charge in [-0.15, -0.1) is 5.10 Å². The summed E-state index contributed by atoms with van der Waals surface area (Å²) in [6.07, 6.45) is 2.75. The summed E-state index contributed by atoms with van der Waals surface area (Å²) in [4.78, 5) is 62.1. The summed E-state index contributed by atoms with van der Waals surface area (Å²) in [6.45, 7) is -0.498. The Balaban J connectivity index is 1.78. The molecule has 3 aromatic rings. The van der Waals surface area contributed by atoms with Gasteiger partial charge >= 0.3 is 13.8 Å². The van der Waals surface area contributed by atoms with Gasteiger partial charge in [0.1, 0.15) is 11.5 Å². The second kappa shape index (κ2) is 15.0. The number of rotatable bonds is 13. The molecule has 19 heteroatoms. The Hall–Kier alpha value is -5.42. The lowest BCUT2D eigenvalue weighted by atomic mass is 10.1. The van der Waals surface area contributed by atoms with Crippen molar-refractivity contribution in [1.29, 1.82) is 0 Å². The lowest BCUT2D eigenvalue weighted by molar-refractivity contribution is -0.117. The number of nitrogens with one attached hydrogen (secondary N) is 2. The van der Waals surface area contributed by atoms with Crippen LogP contribution in [0.4, 0.5) is 11.5 Å². The van der Waals surface area contributed by atoms with Crippen LogP contribution in [0.25, 0.3) is 0 Å². The molecule has 0 radical (unpaired) electrons. The number of amides is 2. The molecule has 0 aliphatic heterocycles. The molecule has 0 unspecified atom stereocenters. The van der Waals surface area contributed by atoms with E-state index in [0.717, 1.165) is 11.2 Å². The monoisotopic (exact) mass is 686 g/mol. The first-order chi connectivity index (χ1) is 22.7. The lowest BCUT2D eigenvalue weighted by Crippen LogP contribution is -2.29. The average Bonchev–Trinajstić information content (AvgIpc) is 3.88. The number of esters is 1. The molecular formula is C29H35N8O10P.